The molecule has 1 aliphatic carbocycles. The van der Waals surface area contributed by atoms with Gasteiger partial charge in [-0.3, -0.25) is 0 Å². The molecule has 4 aliphatic rings. The van der Waals surface area contributed by atoms with Crippen molar-refractivity contribution in [3.05, 3.63) is 35.9 Å². The largest absolute Gasteiger partial charge is 0.461 e. The molecule has 6 nitrogen and oxygen atoms in total. The Hall–Kier alpha value is -1.47. The second-order valence-electron chi connectivity index (χ2n) is 9.68. The molecule has 0 bridgehead atoms. The molecule has 158 valence electrons. The van der Waals surface area contributed by atoms with E-state index >= 15 is 0 Å². The van der Waals surface area contributed by atoms with E-state index in [4.69, 9.17) is 14.2 Å². The van der Waals surface area contributed by atoms with Gasteiger partial charge in [0.15, 0.2) is 5.60 Å². The van der Waals surface area contributed by atoms with E-state index in [1.165, 1.54) is 0 Å². The van der Waals surface area contributed by atoms with E-state index in [0.717, 1.165) is 38.5 Å². The van der Waals surface area contributed by atoms with Crippen LogP contribution in [0, 0.1) is 5.92 Å². The van der Waals surface area contributed by atoms with Crippen molar-refractivity contribution in [1.82, 2.24) is 4.90 Å². The molecule has 3 atom stereocenters. The first-order valence-electron chi connectivity index (χ1n) is 10.9. The van der Waals surface area contributed by atoms with Crippen molar-refractivity contribution in [3.63, 3.8) is 0 Å². The summed E-state index contributed by atoms with van der Waals surface area (Å²) in [4.78, 5) is 15.6. The predicted molar refractivity (Wildman–Crippen MR) is 106 cm³/mol. The Morgan fingerprint density at radius 2 is 1.72 bits per heavy atom. The standard InChI is InChI=1S/C23H31NO5/c1-20-12-13-21(2)24(20)22(15-28-20,16-29-21)14-27-19(25)23(26,18-10-6-7-11-18)17-8-4-3-5-9-17/h3-5,8-9,18,26H,6-7,10-16H2,1-2H3. The molecular formula is C23H31NO5. The summed E-state index contributed by atoms with van der Waals surface area (Å²) in [5, 5.41) is 11.6. The Labute approximate surface area is 172 Å². The van der Waals surface area contributed by atoms with Gasteiger partial charge in [0.25, 0.3) is 0 Å². The van der Waals surface area contributed by atoms with Crippen molar-refractivity contribution >= 4 is 5.97 Å². The molecule has 0 aromatic heterocycles. The van der Waals surface area contributed by atoms with Crippen LogP contribution in [-0.2, 0) is 24.6 Å². The molecule has 1 aromatic carbocycles. The van der Waals surface area contributed by atoms with Crippen molar-refractivity contribution in [3.8, 4) is 0 Å². The van der Waals surface area contributed by atoms with Gasteiger partial charge in [-0.15, -0.1) is 0 Å². The number of carbonyl (C=O) groups is 1. The van der Waals surface area contributed by atoms with Crippen LogP contribution < -0.4 is 0 Å². The van der Waals surface area contributed by atoms with Crippen LogP contribution in [0.1, 0.15) is 57.9 Å². The van der Waals surface area contributed by atoms with E-state index in [1.807, 2.05) is 30.3 Å². The average Bonchev–Trinajstić information content (AvgIpc) is 3.48. The zero-order valence-electron chi connectivity index (χ0n) is 17.4. The first-order valence-corrected chi connectivity index (χ1v) is 10.9. The number of ether oxygens (including phenoxy) is 3. The molecule has 0 radical (unpaired) electrons. The average molecular weight is 402 g/mol. The highest BCUT2D eigenvalue weighted by Gasteiger charge is 2.69. The number of nitrogens with zero attached hydrogens (tertiary/aromatic N) is 1. The fourth-order valence-electron chi connectivity index (χ4n) is 6.23. The zero-order chi connectivity index (χ0) is 20.3. The Morgan fingerprint density at radius 1 is 1.14 bits per heavy atom. The second kappa shape index (κ2) is 6.51. The number of esters is 1. The number of benzene rings is 1. The number of hydrogen-bond acceptors (Lipinski definition) is 6. The Morgan fingerprint density at radius 3 is 2.31 bits per heavy atom. The van der Waals surface area contributed by atoms with E-state index in [1.54, 1.807) is 0 Å². The molecule has 29 heavy (non-hydrogen) atoms. The molecule has 4 fully saturated rings. The van der Waals surface area contributed by atoms with Crippen LogP contribution in [0.25, 0.3) is 0 Å². The SMILES string of the molecule is CC12CCC3(C)OCC(COC(=O)C(O)(c4ccccc4)C4CCCC4)(CO1)N23. The van der Waals surface area contributed by atoms with Crippen LogP contribution >= 0.6 is 0 Å². The minimum atomic E-state index is -1.61. The molecule has 0 amide bonds. The van der Waals surface area contributed by atoms with Crippen LogP contribution in [0.15, 0.2) is 30.3 Å². The number of hydrogen-bond donors (Lipinski definition) is 1. The van der Waals surface area contributed by atoms with Gasteiger partial charge in [0, 0.05) is 5.92 Å². The van der Waals surface area contributed by atoms with Gasteiger partial charge in [0.05, 0.1) is 13.2 Å². The van der Waals surface area contributed by atoms with Crippen molar-refractivity contribution in [1.29, 1.82) is 0 Å². The van der Waals surface area contributed by atoms with Gasteiger partial charge >= 0.3 is 5.97 Å². The fourth-order valence-corrected chi connectivity index (χ4v) is 6.23. The maximum Gasteiger partial charge on any atom is 0.343 e. The van der Waals surface area contributed by atoms with Gasteiger partial charge in [0.1, 0.15) is 23.6 Å². The van der Waals surface area contributed by atoms with Gasteiger partial charge in [-0.25, -0.2) is 9.69 Å². The number of carbonyl (C=O) groups excluding carboxylic acids is 1. The number of rotatable bonds is 5. The first-order chi connectivity index (χ1) is 13.8. The molecule has 3 aliphatic heterocycles. The summed E-state index contributed by atoms with van der Waals surface area (Å²) in [6.07, 6.45) is 5.52. The molecule has 1 aromatic rings. The highest BCUT2D eigenvalue weighted by atomic mass is 16.6. The minimum Gasteiger partial charge on any atom is -0.461 e. The highest BCUT2D eigenvalue weighted by molar-refractivity contribution is 5.81. The van der Waals surface area contributed by atoms with Crippen molar-refractivity contribution in [2.24, 2.45) is 5.92 Å². The molecule has 0 spiro atoms. The number of aliphatic hydroxyl groups is 1. The minimum absolute atomic E-state index is 0.114. The predicted octanol–water partition coefficient (Wildman–Crippen LogP) is 2.94. The molecule has 1 N–H and O–H groups in total. The van der Waals surface area contributed by atoms with Gasteiger partial charge in [-0.05, 0) is 45.1 Å². The smallest absolute Gasteiger partial charge is 0.343 e. The van der Waals surface area contributed by atoms with Crippen LogP contribution in [0.4, 0.5) is 0 Å². The Bertz CT molecular complexity index is 772. The van der Waals surface area contributed by atoms with Crippen LogP contribution in [0.3, 0.4) is 0 Å². The molecular weight excluding hydrogens is 370 g/mol. The third-order valence-corrected chi connectivity index (χ3v) is 7.72. The summed E-state index contributed by atoms with van der Waals surface area (Å²) < 4.78 is 18.2. The summed E-state index contributed by atoms with van der Waals surface area (Å²) >= 11 is 0. The van der Waals surface area contributed by atoms with Crippen LogP contribution in [-0.4, -0.2) is 52.8 Å². The summed E-state index contributed by atoms with van der Waals surface area (Å²) in [6, 6.07) is 9.26. The molecule has 3 unspecified atom stereocenters. The van der Waals surface area contributed by atoms with E-state index in [9.17, 15) is 9.90 Å². The second-order valence-corrected chi connectivity index (χ2v) is 9.68. The molecule has 3 saturated heterocycles. The molecule has 3 heterocycles. The molecule has 6 heteroatoms. The topological polar surface area (TPSA) is 68.2 Å². The zero-order valence-corrected chi connectivity index (χ0v) is 17.4. The lowest BCUT2D eigenvalue weighted by molar-refractivity contribution is -0.177. The van der Waals surface area contributed by atoms with E-state index < -0.39 is 17.1 Å². The van der Waals surface area contributed by atoms with Gasteiger partial charge < -0.3 is 19.3 Å². The first kappa shape index (κ1) is 19.5. The third kappa shape index (κ3) is 2.73. The van der Waals surface area contributed by atoms with Gasteiger partial charge in [0.2, 0.25) is 0 Å². The van der Waals surface area contributed by atoms with Crippen molar-refractivity contribution < 1.29 is 24.1 Å². The third-order valence-electron chi connectivity index (χ3n) is 7.72. The summed E-state index contributed by atoms with van der Waals surface area (Å²) in [6.45, 7) is 5.29. The van der Waals surface area contributed by atoms with E-state index in [0.29, 0.717) is 18.8 Å². The van der Waals surface area contributed by atoms with E-state index in [-0.39, 0.29) is 24.0 Å². The summed E-state index contributed by atoms with van der Waals surface area (Å²) in [7, 11) is 0. The molecule has 1 saturated carbocycles. The maximum absolute atomic E-state index is 13.4. The van der Waals surface area contributed by atoms with Gasteiger partial charge in [-0.1, -0.05) is 43.2 Å². The lowest BCUT2D eigenvalue weighted by Crippen LogP contribution is -2.57. The fraction of sp³-hybridized carbons (Fsp3) is 0.696. The van der Waals surface area contributed by atoms with E-state index in [2.05, 4.69) is 18.7 Å². The van der Waals surface area contributed by atoms with Crippen molar-refractivity contribution in [2.75, 3.05) is 19.8 Å². The lowest BCUT2D eigenvalue weighted by atomic mass is 9.80. The quantitative estimate of drug-likeness (QED) is 0.765. The normalized spacial score (nSPS) is 38.9. The lowest BCUT2D eigenvalue weighted by Gasteiger charge is -2.38. The van der Waals surface area contributed by atoms with Crippen molar-refractivity contribution in [2.45, 2.75) is 75.0 Å². The Balaban J connectivity index is 1.39. The molecule has 5 rings (SSSR count). The van der Waals surface area contributed by atoms with Crippen LogP contribution in [0.2, 0.25) is 0 Å². The monoisotopic (exact) mass is 401 g/mol. The highest BCUT2D eigenvalue weighted by Crippen LogP contribution is 2.55. The summed E-state index contributed by atoms with van der Waals surface area (Å²) in [5.41, 5.74) is -2.22. The van der Waals surface area contributed by atoms with Crippen LogP contribution in [0.5, 0.6) is 0 Å². The van der Waals surface area contributed by atoms with Gasteiger partial charge in [-0.2, -0.15) is 0 Å². The maximum atomic E-state index is 13.4. The Kier molecular flexibility index (Phi) is 4.38. The summed E-state index contributed by atoms with van der Waals surface area (Å²) in [5.74, 6) is -0.664.